The molecule has 0 amide bonds. The Hall–Kier alpha value is -1.44. The molecule has 22 heavy (non-hydrogen) atoms. The summed E-state index contributed by atoms with van der Waals surface area (Å²) in [7, 11) is 0. The zero-order valence-corrected chi connectivity index (χ0v) is 13.5. The molecule has 4 rings (SSSR count). The highest BCUT2D eigenvalue weighted by Gasteiger charge is 2.59. The number of hydrogen-bond donors (Lipinski definition) is 0. The molecule has 5 atom stereocenters. The zero-order chi connectivity index (χ0) is 15.7. The fraction of sp³-hybridized carbons (Fsp3) is 0.600. The van der Waals surface area contributed by atoms with Crippen LogP contribution in [0.4, 0.5) is 0 Å². The molecule has 4 aliphatic rings. The van der Waals surface area contributed by atoms with Crippen molar-refractivity contribution in [1.29, 1.82) is 0 Å². The third kappa shape index (κ3) is 1.61. The van der Waals surface area contributed by atoms with Crippen LogP contribution in [0.1, 0.15) is 46.0 Å². The van der Waals surface area contributed by atoms with Gasteiger partial charge in [-0.2, -0.15) is 0 Å². The molecule has 0 radical (unpaired) electrons. The molecule has 2 heteroatoms. The minimum Gasteiger partial charge on any atom is -0.294 e. The van der Waals surface area contributed by atoms with Gasteiger partial charge >= 0.3 is 0 Å². The van der Waals surface area contributed by atoms with E-state index in [0.29, 0.717) is 22.8 Å². The number of Topliss-reactive ketones (excluding diaryl/α,β-unsaturated/α-hetero) is 1. The highest BCUT2D eigenvalue weighted by molar-refractivity contribution is 6.08. The third-order valence-corrected chi connectivity index (χ3v) is 7.21. The van der Waals surface area contributed by atoms with Crippen LogP contribution in [-0.4, -0.2) is 11.6 Å². The van der Waals surface area contributed by atoms with Crippen LogP contribution in [0.5, 0.6) is 0 Å². The Morgan fingerprint density at radius 3 is 2.68 bits per heavy atom. The van der Waals surface area contributed by atoms with E-state index < -0.39 is 0 Å². The summed E-state index contributed by atoms with van der Waals surface area (Å²) in [5.74, 6) is 1.14. The van der Waals surface area contributed by atoms with E-state index in [1.54, 1.807) is 12.2 Å². The molecule has 0 bridgehead atoms. The normalized spacial score (nSPS) is 46.9. The van der Waals surface area contributed by atoms with Gasteiger partial charge in [-0.25, -0.2) is 0 Å². The number of carbonyl (C=O) groups is 2. The van der Waals surface area contributed by atoms with E-state index in [-0.39, 0.29) is 22.9 Å². The number of ketones is 2. The predicted molar refractivity (Wildman–Crippen MR) is 86.1 cm³/mol. The third-order valence-electron chi connectivity index (χ3n) is 7.21. The van der Waals surface area contributed by atoms with Gasteiger partial charge < -0.3 is 0 Å². The molecule has 116 valence electrons. The van der Waals surface area contributed by atoms with Crippen LogP contribution in [0.15, 0.2) is 36.0 Å². The Morgan fingerprint density at radius 1 is 1.14 bits per heavy atom. The number of rotatable bonds is 0. The number of carbonyl (C=O) groups excluding carboxylic acids is 2. The van der Waals surface area contributed by atoms with Gasteiger partial charge in [0.1, 0.15) is 0 Å². The number of fused-ring (bicyclic) bond motifs is 5. The summed E-state index contributed by atoms with van der Waals surface area (Å²) in [5, 5.41) is 0. The van der Waals surface area contributed by atoms with E-state index in [1.165, 1.54) is 25.7 Å². The number of hydrogen-bond acceptors (Lipinski definition) is 2. The van der Waals surface area contributed by atoms with Gasteiger partial charge in [-0.15, -0.1) is 0 Å². The number of allylic oxidation sites excluding steroid dienone is 5. The van der Waals surface area contributed by atoms with E-state index in [9.17, 15) is 9.59 Å². The van der Waals surface area contributed by atoms with Gasteiger partial charge in [0.25, 0.3) is 0 Å². The summed E-state index contributed by atoms with van der Waals surface area (Å²) in [4.78, 5) is 24.9. The fourth-order valence-electron chi connectivity index (χ4n) is 5.93. The molecule has 0 aromatic carbocycles. The average molecular weight is 296 g/mol. The van der Waals surface area contributed by atoms with Gasteiger partial charge in [0.05, 0.1) is 0 Å². The highest BCUT2D eigenvalue weighted by Crippen LogP contribution is 2.64. The van der Waals surface area contributed by atoms with Crippen molar-refractivity contribution in [3.63, 3.8) is 0 Å². The van der Waals surface area contributed by atoms with Gasteiger partial charge in [0, 0.05) is 16.9 Å². The smallest absolute Gasteiger partial charge is 0.178 e. The molecule has 3 fully saturated rings. The van der Waals surface area contributed by atoms with Crippen molar-refractivity contribution >= 4 is 11.6 Å². The molecule has 0 aliphatic heterocycles. The monoisotopic (exact) mass is 296 g/mol. The Labute approximate surface area is 132 Å². The summed E-state index contributed by atoms with van der Waals surface area (Å²) >= 11 is 0. The first-order valence-electron chi connectivity index (χ1n) is 8.56. The lowest BCUT2D eigenvalue weighted by Gasteiger charge is -2.55. The summed E-state index contributed by atoms with van der Waals surface area (Å²) < 4.78 is 0. The Morgan fingerprint density at radius 2 is 1.91 bits per heavy atom. The van der Waals surface area contributed by atoms with E-state index in [4.69, 9.17) is 0 Å². The maximum absolute atomic E-state index is 13.1. The van der Waals surface area contributed by atoms with Crippen LogP contribution in [0.3, 0.4) is 0 Å². The van der Waals surface area contributed by atoms with Gasteiger partial charge in [-0.3, -0.25) is 9.59 Å². The van der Waals surface area contributed by atoms with Gasteiger partial charge in [-0.05, 0) is 60.7 Å². The Balaban J connectivity index is 1.84. The van der Waals surface area contributed by atoms with Crippen LogP contribution in [0.25, 0.3) is 0 Å². The van der Waals surface area contributed by atoms with Crippen LogP contribution < -0.4 is 0 Å². The fourth-order valence-corrected chi connectivity index (χ4v) is 5.93. The first-order chi connectivity index (χ1) is 10.4. The summed E-state index contributed by atoms with van der Waals surface area (Å²) in [6, 6.07) is 0. The van der Waals surface area contributed by atoms with E-state index >= 15 is 0 Å². The lowest BCUT2D eigenvalue weighted by Crippen LogP contribution is -2.52. The van der Waals surface area contributed by atoms with Crippen LogP contribution in [0, 0.1) is 28.6 Å². The van der Waals surface area contributed by atoms with Gasteiger partial charge in [-0.1, -0.05) is 32.9 Å². The van der Waals surface area contributed by atoms with Crippen LogP contribution in [0.2, 0.25) is 0 Å². The molecule has 3 saturated carbocycles. The second-order valence-corrected chi connectivity index (χ2v) is 8.24. The standard InChI is InChI=1S/C20H24O2/c1-12-16-11-13(21)6-10-20(16,3)15-7-9-19(2)8-4-5-14(19)17(15)18(12)22/h6,10-11,14-15,17H,1,4-5,7-9H2,2-3H3/t14-,15-,17-,19-,20+/m0/s1. The van der Waals surface area contributed by atoms with Crippen molar-refractivity contribution < 1.29 is 9.59 Å². The Kier molecular flexibility index (Phi) is 2.77. The Bertz CT molecular complexity index is 653. The average Bonchev–Trinajstić information content (AvgIpc) is 2.88. The molecule has 4 aliphatic carbocycles. The highest BCUT2D eigenvalue weighted by atomic mass is 16.1. The first-order valence-corrected chi connectivity index (χ1v) is 8.56. The van der Waals surface area contributed by atoms with Crippen molar-refractivity contribution in [2.75, 3.05) is 0 Å². The maximum Gasteiger partial charge on any atom is 0.178 e. The summed E-state index contributed by atoms with van der Waals surface area (Å²) in [6.45, 7) is 8.67. The second kappa shape index (κ2) is 4.31. The minimum atomic E-state index is -0.187. The van der Waals surface area contributed by atoms with Crippen molar-refractivity contribution in [1.82, 2.24) is 0 Å². The molecule has 0 heterocycles. The molecular formula is C20H24O2. The molecule has 2 nitrogen and oxygen atoms in total. The first kappa shape index (κ1) is 14.2. The molecule has 0 N–H and O–H groups in total. The molecule has 0 aromatic rings. The largest absolute Gasteiger partial charge is 0.294 e. The lowest BCUT2D eigenvalue weighted by atomic mass is 9.47. The van der Waals surface area contributed by atoms with E-state index in [2.05, 4.69) is 26.5 Å². The van der Waals surface area contributed by atoms with Gasteiger partial charge in [0.2, 0.25) is 0 Å². The SMILES string of the molecule is C=C1C(=O)[C@H]2[C@@H]3CCC[C@@]3(C)CC[C@@H]2[C@@]2(C)C=CC(=O)C=C12. The van der Waals surface area contributed by atoms with E-state index in [0.717, 1.165) is 12.0 Å². The van der Waals surface area contributed by atoms with Crippen molar-refractivity contribution in [2.24, 2.45) is 28.6 Å². The quantitative estimate of drug-likeness (QED) is 0.632. The molecule has 0 spiro atoms. The molecule has 0 saturated heterocycles. The topological polar surface area (TPSA) is 34.1 Å². The summed E-state index contributed by atoms with van der Waals surface area (Å²) in [6.07, 6.45) is 11.4. The van der Waals surface area contributed by atoms with Crippen molar-refractivity contribution in [3.05, 3.63) is 36.0 Å². The molecule has 0 unspecified atom stereocenters. The van der Waals surface area contributed by atoms with Crippen molar-refractivity contribution in [2.45, 2.75) is 46.0 Å². The van der Waals surface area contributed by atoms with Crippen molar-refractivity contribution in [3.8, 4) is 0 Å². The van der Waals surface area contributed by atoms with E-state index in [1.807, 2.05) is 0 Å². The maximum atomic E-state index is 13.1. The van der Waals surface area contributed by atoms with Gasteiger partial charge in [0.15, 0.2) is 11.6 Å². The second-order valence-electron chi connectivity index (χ2n) is 8.24. The van der Waals surface area contributed by atoms with Crippen LogP contribution in [-0.2, 0) is 9.59 Å². The molecular weight excluding hydrogens is 272 g/mol. The predicted octanol–water partition coefficient (Wildman–Crippen LogP) is 4.03. The lowest BCUT2D eigenvalue weighted by molar-refractivity contribution is -0.131. The summed E-state index contributed by atoms with van der Waals surface area (Å²) in [5.41, 5.74) is 1.63. The zero-order valence-electron chi connectivity index (χ0n) is 13.5. The van der Waals surface area contributed by atoms with Crippen LogP contribution >= 0.6 is 0 Å². The molecule has 0 aromatic heterocycles. The minimum absolute atomic E-state index is 0.0126.